The quantitative estimate of drug-likeness (QED) is 0.561. The van der Waals surface area contributed by atoms with Gasteiger partial charge in [-0.05, 0) is 48.7 Å². The van der Waals surface area contributed by atoms with E-state index >= 15 is 0 Å². The van der Waals surface area contributed by atoms with Crippen molar-refractivity contribution in [2.75, 3.05) is 11.4 Å². The molecule has 0 atom stereocenters. The zero-order valence-corrected chi connectivity index (χ0v) is 15.7. The number of halogens is 4. The zero-order valence-electron chi connectivity index (χ0n) is 15.0. The van der Waals surface area contributed by atoms with Crippen molar-refractivity contribution >= 4 is 23.2 Å². The van der Waals surface area contributed by atoms with Gasteiger partial charge in [0.2, 0.25) is 5.88 Å². The molecule has 4 rings (SSSR count). The van der Waals surface area contributed by atoms with Crippen LogP contribution in [0.2, 0.25) is 5.02 Å². The third kappa shape index (κ3) is 3.78. The fourth-order valence-corrected chi connectivity index (χ4v) is 3.39. The second-order valence-electron chi connectivity index (χ2n) is 6.49. The molecule has 0 bridgehead atoms. The minimum atomic E-state index is -1.02. The Morgan fingerprint density at radius 1 is 1.07 bits per heavy atom. The predicted molar refractivity (Wildman–Crippen MR) is 102 cm³/mol. The Balaban J connectivity index is 1.69. The topological polar surface area (TPSA) is 42.4 Å². The fourth-order valence-electron chi connectivity index (χ4n) is 3.22. The number of pyridine rings is 1. The average molecular weight is 419 g/mol. The molecule has 0 unspecified atom stereocenters. The molecule has 1 aliphatic rings. The molecule has 29 heavy (non-hydrogen) atoms. The summed E-state index contributed by atoms with van der Waals surface area (Å²) in [4.78, 5) is 18.7. The monoisotopic (exact) mass is 418 g/mol. The van der Waals surface area contributed by atoms with E-state index in [0.29, 0.717) is 30.6 Å². The first-order valence-corrected chi connectivity index (χ1v) is 9.19. The lowest BCUT2D eigenvalue weighted by atomic mass is 10.0. The highest BCUT2D eigenvalue weighted by Gasteiger charge is 2.28. The number of ether oxygens (including phenoxy) is 1. The standard InChI is InChI=1S/C21H14ClF3N2O2/c22-15-10-13(5-6-16(15)23)29-20-14(4-1-7-26-20)21(28)27-8-2-3-12-9-17(24)18(25)11-19(12)27/h1,4-7,9-11H,2-3,8H2. The molecule has 148 valence electrons. The Kier molecular flexibility index (Phi) is 5.15. The summed E-state index contributed by atoms with van der Waals surface area (Å²) in [5.74, 6) is -2.83. The predicted octanol–water partition coefficient (Wildman–Crippen LogP) is 5.54. The molecule has 0 saturated carbocycles. The van der Waals surface area contributed by atoms with E-state index in [1.165, 1.54) is 29.3 Å². The summed E-state index contributed by atoms with van der Waals surface area (Å²) in [5, 5.41) is -0.131. The maximum absolute atomic E-state index is 13.8. The van der Waals surface area contributed by atoms with Crippen LogP contribution in [0.5, 0.6) is 11.6 Å². The number of hydrogen-bond acceptors (Lipinski definition) is 3. The maximum atomic E-state index is 13.8. The number of carbonyl (C=O) groups excluding carboxylic acids is 1. The first-order chi connectivity index (χ1) is 13.9. The molecule has 2 heterocycles. The van der Waals surface area contributed by atoms with Crippen molar-refractivity contribution in [2.24, 2.45) is 0 Å². The highest BCUT2D eigenvalue weighted by molar-refractivity contribution is 6.30. The van der Waals surface area contributed by atoms with Crippen molar-refractivity contribution in [3.8, 4) is 11.6 Å². The molecule has 0 fully saturated rings. The molecule has 0 spiro atoms. The van der Waals surface area contributed by atoms with Gasteiger partial charge in [-0.15, -0.1) is 0 Å². The Labute approximate surface area is 169 Å². The van der Waals surface area contributed by atoms with Crippen molar-refractivity contribution in [2.45, 2.75) is 12.8 Å². The molecular formula is C21H14ClF3N2O2. The molecule has 0 saturated heterocycles. The highest BCUT2D eigenvalue weighted by Crippen LogP contribution is 2.33. The summed E-state index contributed by atoms with van der Waals surface area (Å²) in [7, 11) is 0. The van der Waals surface area contributed by atoms with E-state index in [9.17, 15) is 18.0 Å². The molecule has 1 amide bonds. The van der Waals surface area contributed by atoms with Crippen LogP contribution in [-0.4, -0.2) is 17.4 Å². The number of rotatable bonds is 3. The van der Waals surface area contributed by atoms with Crippen LogP contribution < -0.4 is 9.64 Å². The van der Waals surface area contributed by atoms with Gasteiger partial charge in [0.05, 0.1) is 10.7 Å². The van der Waals surface area contributed by atoms with Crippen molar-refractivity contribution in [3.63, 3.8) is 0 Å². The van der Waals surface area contributed by atoms with E-state index < -0.39 is 23.4 Å². The smallest absolute Gasteiger partial charge is 0.263 e. The van der Waals surface area contributed by atoms with Crippen LogP contribution in [0.3, 0.4) is 0 Å². The zero-order chi connectivity index (χ0) is 20.5. The van der Waals surface area contributed by atoms with Gasteiger partial charge in [-0.25, -0.2) is 18.2 Å². The largest absolute Gasteiger partial charge is 0.438 e. The van der Waals surface area contributed by atoms with E-state index in [0.717, 1.165) is 18.2 Å². The number of aryl methyl sites for hydroxylation is 1. The third-order valence-corrected chi connectivity index (χ3v) is 4.88. The summed E-state index contributed by atoms with van der Waals surface area (Å²) < 4.78 is 46.4. The van der Waals surface area contributed by atoms with Crippen molar-refractivity contribution < 1.29 is 22.7 Å². The molecule has 0 N–H and O–H groups in total. The van der Waals surface area contributed by atoms with E-state index in [2.05, 4.69) is 4.98 Å². The van der Waals surface area contributed by atoms with Gasteiger partial charge in [0, 0.05) is 24.9 Å². The molecule has 3 aromatic rings. The molecule has 2 aromatic carbocycles. The first-order valence-electron chi connectivity index (χ1n) is 8.82. The van der Waals surface area contributed by atoms with Crippen LogP contribution in [0.1, 0.15) is 22.3 Å². The van der Waals surface area contributed by atoms with Gasteiger partial charge in [-0.3, -0.25) is 4.79 Å². The van der Waals surface area contributed by atoms with Crippen molar-refractivity contribution in [1.82, 2.24) is 4.98 Å². The summed E-state index contributed by atoms with van der Waals surface area (Å²) in [6, 6.07) is 8.99. The number of fused-ring (bicyclic) bond motifs is 1. The number of carbonyl (C=O) groups is 1. The van der Waals surface area contributed by atoms with Gasteiger partial charge in [0.1, 0.15) is 17.1 Å². The van der Waals surface area contributed by atoms with Gasteiger partial charge in [0.25, 0.3) is 5.91 Å². The Hall–Kier alpha value is -3.06. The van der Waals surface area contributed by atoms with E-state index in [1.807, 2.05) is 0 Å². The summed E-state index contributed by atoms with van der Waals surface area (Å²) in [6.45, 7) is 0.341. The second kappa shape index (κ2) is 7.75. The average Bonchev–Trinajstić information content (AvgIpc) is 2.71. The lowest BCUT2D eigenvalue weighted by Gasteiger charge is -2.30. The van der Waals surface area contributed by atoms with Crippen LogP contribution in [-0.2, 0) is 6.42 Å². The van der Waals surface area contributed by atoms with Gasteiger partial charge < -0.3 is 9.64 Å². The van der Waals surface area contributed by atoms with Crippen LogP contribution in [0.4, 0.5) is 18.9 Å². The number of benzene rings is 2. The Bertz CT molecular complexity index is 1110. The van der Waals surface area contributed by atoms with E-state index in [1.54, 1.807) is 6.07 Å². The molecule has 1 aliphatic heterocycles. The number of anilines is 1. The molecule has 0 aliphatic carbocycles. The van der Waals surface area contributed by atoms with E-state index in [-0.39, 0.29) is 22.2 Å². The molecular weight excluding hydrogens is 405 g/mol. The minimum Gasteiger partial charge on any atom is -0.438 e. The number of nitrogens with zero attached hydrogens (tertiary/aromatic N) is 2. The first kappa shape index (κ1) is 19.3. The van der Waals surface area contributed by atoms with Gasteiger partial charge in [0.15, 0.2) is 11.6 Å². The minimum absolute atomic E-state index is 0.00474. The lowest BCUT2D eigenvalue weighted by Crippen LogP contribution is -2.36. The second-order valence-corrected chi connectivity index (χ2v) is 6.90. The highest BCUT2D eigenvalue weighted by atomic mass is 35.5. The van der Waals surface area contributed by atoms with Gasteiger partial charge in [-0.1, -0.05) is 11.6 Å². The van der Waals surface area contributed by atoms with Crippen LogP contribution in [0.25, 0.3) is 0 Å². The molecule has 8 heteroatoms. The normalized spacial score (nSPS) is 13.2. The fraction of sp³-hybridized carbons (Fsp3) is 0.143. The number of amides is 1. The molecule has 0 radical (unpaired) electrons. The van der Waals surface area contributed by atoms with Crippen LogP contribution in [0.15, 0.2) is 48.7 Å². The van der Waals surface area contributed by atoms with Crippen LogP contribution >= 0.6 is 11.6 Å². The number of aromatic nitrogens is 1. The third-order valence-electron chi connectivity index (χ3n) is 4.59. The molecule has 1 aromatic heterocycles. The summed E-state index contributed by atoms with van der Waals surface area (Å²) >= 11 is 5.77. The van der Waals surface area contributed by atoms with Crippen molar-refractivity contribution in [3.05, 3.63) is 82.3 Å². The lowest BCUT2D eigenvalue weighted by molar-refractivity contribution is 0.0982. The number of hydrogen-bond donors (Lipinski definition) is 0. The SMILES string of the molecule is O=C(c1cccnc1Oc1ccc(F)c(Cl)c1)N1CCCc2cc(F)c(F)cc21. The Morgan fingerprint density at radius 2 is 1.86 bits per heavy atom. The van der Waals surface area contributed by atoms with E-state index in [4.69, 9.17) is 16.3 Å². The summed E-state index contributed by atoms with van der Waals surface area (Å²) in [6.07, 6.45) is 2.59. The molecule has 4 nitrogen and oxygen atoms in total. The van der Waals surface area contributed by atoms with Crippen LogP contribution in [0, 0.1) is 17.5 Å². The van der Waals surface area contributed by atoms with Gasteiger partial charge in [-0.2, -0.15) is 0 Å². The Morgan fingerprint density at radius 3 is 2.66 bits per heavy atom. The summed E-state index contributed by atoms with van der Waals surface area (Å²) in [5.41, 5.74) is 1.01. The maximum Gasteiger partial charge on any atom is 0.263 e. The van der Waals surface area contributed by atoms with Gasteiger partial charge >= 0.3 is 0 Å². The van der Waals surface area contributed by atoms with Crippen molar-refractivity contribution in [1.29, 1.82) is 0 Å².